The first-order valence-corrected chi connectivity index (χ1v) is 5.36. The molecule has 1 aromatic rings. The van der Waals surface area contributed by atoms with Crippen LogP contribution in [0.2, 0.25) is 0 Å². The maximum Gasteiger partial charge on any atom is 0.151 e. The number of fused-ring (bicyclic) bond motifs is 1. The van der Waals surface area contributed by atoms with E-state index in [1.165, 1.54) is 0 Å². The standard InChI is InChI=1S/C10H18N4/c1-7(2)6-9-12-10-5-3-4-8(11)14(10)13-9/h7-8H,3-6,11H2,1-2H3. The zero-order valence-electron chi connectivity index (χ0n) is 8.90. The smallest absolute Gasteiger partial charge is 0.151 e. The minimum absolute atomic E-state index is 0.0483. The van der Waals surface area contributed by atoms with E-state index in [1.54, 1.807) is 0 Å². The number of nitrogens with zero attached hydrogens (tertiary/aromatic N) is 3. The molecule has 1 aliphatic rings. The molecule has 14 heavy (non-hydrogen) atoms. The molecule has 4 heteroatoms. The molecule has 4 nitrogen and oxygen atoms in total. The van der Waals surface area contributed by atoms with Crippen molar-refractivity contribution >= 4 is 0 Å². The Labute approximate surface area is 84.5 Å². The van der Waals surface area contributed by atoms with Gasteiger partial charge in [0, 0.05) is 12.8 Å². The van der Waals surface area contributed by atoms with E-state index in [4.69, 9.17) is 5.73 Å². The van der Waals surface area contributed by atoms with Gasteiger partial charge in [0.25, 0.3) is 0 Å². The molecule has 0 bridgehead atoms. The van der Waals surface area contributed by atoms with E-state index in [0.717, 1.165) is 37.3 Å². The minimum atomic E-state index is 0.0483. The molecule has 1 atom stereocenters. The highest BCUT2D eigenvalue weighted by Gasteiger charge is 2.19. The van der Waals surface area contributed by atoms with E-state index < -0.39 is 0 Å². The van der Waals surface area contributed by atoms with Crippen LogP contribution in [0.25, 0.3) is 0 Å². The number of nitrogens with two attached hydrogens (primary N) is 1. The Morgan fingerprint density at radius 3 is 3.00 bits per heavy atom. The van der Waals surface area contributed by atoms with Crippen molar-refractivity contribution in [3.63, 3.8) is 0 Å². The average molecular weight is 194 g/mol. The zero-order chi connectivity index (χ0) is 10.1. The Morgan fingerprint density at radius 2 is 2.36 bits per heavy atom. The van der Waals surface area contributed by atoms with Crippen LogP contribution in [0, 0.1) is 5.92 Å². The van der Waals surface area contributed by atoms with Gasteiger partial charge in [-0.15, -0.1) is 0 Å². The summed E-state index contributed by atoms with van der Waals surface area (Å²) in [4.78, 5) is 4.51. The first-order valence-electron chi connectivity index (χ1n) is 5.36. The average Bonchev–Trinajstić information content (AvgIpc) is 2.47. The molecule has 1 aliphatic heterocycles. The van der Waals surface area contributed by atoms with Gasteiger partial charge in [-0.2, -0.15) is 5.10 Å². The van der Waals surface area contributed by atoms with Gasteiger partial charge in [-0.1, -0.05) is 13.8 Å². The topological polar surface area (TPSA) is 56.7 Å². The van der Waals surface area contributed by atoms with Crippen molar-refractivity contribution < 1.29 is 0 Å². The van der Waals surface area contributed by atoms with Crippen LogP contribution in [0.4, 0.5) is 0 Å². The summed E-state index contributed by atoms with van der Waals surface area (Å²) < 4.78 is 1.90. The predicted molar refractivity (Wildman–Crippen MR) is 54.7 cm³/mol. The molecule has 0 saturated carbocycles. The summed E-state index contributed by atoms with van der Waals surface area (Å²) in [6.07, 6.45) is 4.19. The van der Waals surface area contributed by atoms with Crippen molar-refractivity contribution in [2.45, 2.75) is 45.7 Å². The Kier molecular flexibility index (Phi) is 2.54. The van der Waals surface area contributed by atoms with Crippen LogP contribution < -0.4 is 5.73 Å². The molecule has 0 fully saturated rings. The number of rotatable bonds is 2. The monoisotopic (exact) mass is 194 g/mol. The van der Waals surface area contributed by atoms with Crippen LogP contribution in [0.3, 0.4) is 0 Å². The molecule has 0 aliphatic carbocycles. The van der Waals surface area contributed by atoms with Crippen molar-refractivity contribution in [3.8, 4) is 0 Å². The van der Waals surface area contributed by atoms with Crippen LogP contribution in [-0.2, 0) is 12.8 Å². The van der Waals surface area contributed by atoms with E-state index >= 15 is 0 Å². The van der Waals surface area contributed by atoms with Gasteiger partial charge in [0.1, 0.15) is 12.0 Å². The van der Waals surface area contributed by atoms with Gasteiger partial charge in [0.05, 0.1) is 0 Å². The molecule has 1 unspecified atom stereocenters. The molecule has 2 rings (SSSR count). The summed E-state index contributed by atoms with van der Waals surface area (Å²) in [7, 11) is 0. The second-order valence-corrected chi connectivity index (χ2v) is 4.45. The van der Waals surface area contributed by atoms with Gasteiger partial charge in [-0.05, 0) is 18.8 Å². The van der Waals surface area contributed by atoms with Crippen LogP contribution in [0.15, 0.2) is 0 Å². The molecule has 78 valence electrons. The molecule has 0 aromatic carbocycles. The van der Waals surface area contributed by atoms with Crippen molar-refractivity contribution in [1.29, 1.82) is 0 Å². The Hall–Kier alpha value is -0.900. The van der Waals surface area contributed by atoms with E-state index in [0.29, 0.717) is 5.92 Å². The fourth-order valence-electron chi connectivity index (χ4n) is 1.88. The van der Waals surface area contributed by atoms with Gasteiger partial charge >= 0.3 is 0 Å². The van der Waals surface area contributed by atoms with Crippen LogP contribution >= 0.6 is 0 Å². The summed E-state index contributed by atoms with van der Waals surface area (Å²) >= 11 is 0. The van der Waals surface area contributed by atoms with Gasteiger partial charge in [-0.25, -0.2) is 9.67 Å². The van der Waals surface area contributed by atoms with Crippen molar-refractivity contribution in [3.05, 3.63) is 11.6 Å². The third kappa shape index (κ3) is 1.80. The summed E-state index contributed by atoms with van der Waals surface area (Å²) in [6, 6.07) is 0. The Balaban J connectivity index is 2.21. The molecule has 1 aromatic heterocycles. The van der Waals surface area contributed by atoms with E-state index in [9.17, 15) is 0 Å². The first kappa shape index (κ1) is 9.65. The summed E-state index contributed by atoms with van der Waals surface area (Å²) in [6.45, 7) is 4.36. The number of hydrogen-bond donors (Lipinski definition) is 1. The third-order valence-electron chi connectivity index (χ3n) is 2.55. The molecule has 0 saturated heterocycles. The van der Waals surface area contributed by atoms with E-state index in [1.807, 2.05) is 4.68 Å². The van der Waals surface area contributed by atoms with Crippen LogP contribution in [0.1, 0.15) is 44.5 Å². The molecule has 2 heterocycles. The quantitative estimate of drug-likeness (QED) is 0.771. The van der Waals surface area contributed by atoms with Gasteiger partial charge in [-0.3, -0.25) is 0 Å². The van der Waals surface area contributed by atoms with Crippen molar-refractivity contribution in [2.24, 2.45) is 11.7 Å². The third-order valence-corrected chi connectivity index (χ3v) is 2.55. The lowest BCUT2D eigenvalue weighted by atomic mass is 10.1. The SMILES string of the molecule is CC(C)Cc1nc2n(n1)C(N)CCC2. The number of aryl methyl sites for hydroxylation is 1. The number of hydrogen-bond acceptors (Lipinski definition) is 3. The number of aromatic nitrogens is 3. The van der Waals surface area contributed by atoms with Gasteiger partial charge in [0.15, 0.2) is 5.82 Å². The molecule has 0 radical (unpaired) electrons. The fourth-order valence-corrected chi connectivity index (χ4v) is 1.88. The van der Waals surface area contributed by atoms with Crippen molar-refractivity contribution in [2.75, 3.05) is 0 Å². The molecule has 2 N–H and O–H groups in total. The molecular formula is C10H18N4. The summed E-state index contributed by atoms with van der Waals surface area (Å²) in [5.41, 5.74) is 5.95. The van der Waals surface area contributed by atoms with E-state index in [-0.39, 0.29) is 6.17 Å². The lowest BCUT2D eigenvalue weighted by Gasteiger charge is -2.18. The fraction of sp³-hybridized carbons (Fsp3) is 0.800. The highest BCUT2D eigenvalue weighted by atomic mass is 15.4. The summed E-state index contributed by atoms with van der Waals surface area (Å²) in [5.74, 6) is 2.63. The van der Waals surface area contributed by atoms with E-state index in [2.05, 4.69) is 23.9 Å². The maximum atomic E-state index is 5.95. The maximum absolute atomic E-state index is 5.95. The Morgan fingerprint density at radius 1 is 1.57 bits per heavy atom. The van der Waals surface area contributed by atoms with Gasteiger partial charge in [0.2, 0.25) is 0 Å². The van der Waals surface area contributed by atoms with Crippen molar-refractivity contribution in [1.82, 2.24) is 14.8 Å². The minimum Gasteiger partial charge on any atom is -0.310 e. The molecular weight excluding hydrogens is 176 g/mol. The predicted octanol–water partition coefficient (Wildman–Crippen LogP) is 1.27. The van der Waals surface area contributed by atoms with Gasteiger partial charge < -0.3 is 5.73 Å². The Bertz CT molecular complexity index is 316. The summed E-state index contributed by atoms with van der Waals surface area (Å²) in [5, 5.41) is 4.45. The molecule has 0 amide bonds. The van der Waals surface area contributed by atoms with Crippen LogP contribution in [-0.4, -0.2) is 14.8 Å². The second-order valence-electron chi connectivity index (χ2n) is 4.45. The zero-order valence-corrected chi connectivity index (χ0v) is 8.90. The largest absolute Gasteiger partial charge is 0.310 e. The molecule has 0 spiro atoms. The normalized spacial score (nSPS) is 21.3. The first-order chi connectivity index (χ1) is 6.66. The highest BCUT2D eigenvalue weighted by molar-refractivity contribution is 4.98. The van der Waals surface area contributed by atoms with Crippen LogP contribution in [0.5, 0.6) is 0 Å². The lowest BCUT2D eigenvalue weighted by Crippen LogP contribution is -2.25. The lowest BCUT2D eigenvalue weighted by molar-refractivity contribution is 0.370. The second kappa shape index (κ2) is 3.69. The highest BCUT2D eigenvalue weighted by Crippen LogP contribution is 2.19.